The Morgan fingerprint density at radius 1 is 0.865 bits per heavy atom. The van der Waals surface area contributed by atoms with Gasteiger partial charge in [-0.3, -0.25) is 4.79 Å². The average molecular weight is 525 g/mol. The van der Waals surface area contributed by atoms with Crippen molar-refractivity contribution < 1.29 is 19.0 Å². The van der Waals surface area contributed by atoms with E-state index < -0.39 is 0 Å². The number of esters is 1. The quantitative estimate of drug-likeness (QED) is 0.308. The lowest BCUT2D eigenvalue weighted by atomic mass is 9.87. The maximum absolute atomic E-state index is 12.1. The number of hydrogen-bond acceptors (Lipinski definition) is 6. The maximum atomic E-state index is 12.1. The van der Waals surface area contributed by atoms with Crippen LogP contribution in [0.3, 0.4) is 0 Å². The maximum Gasteiger partial charge on any atom is 0.310 e. The summed E-state index contributed by atoms with van der Waals surface area (Å²) >= 11 is 0. The number of hydrogen-bond donors (Lipinski definition) is 2. The summed E-state index contributed by atoms with van der Waals surface area (Å²) in [6, 6.07) is 23.2. The molecule has 6 nitrogen and oxygen atoms in total. The highest BCUT2D eigenvalue weighted by Gasteiger charge is 2.27. The minimum atomic E-state index is -0.123. The van der Waals surface area contributed by atoms with Gasteiger partial charge < -0.3 is 24.8 Å². The Morgan fingerprint density at radius 3 is 2.49 bits per heavy atom. The highest BCUT2D eigenvalue weighted by molar-refractivity contribution is 5.85. The van der Waals surface area contributed by atoms with Crippen molar-refractivity contribution >= 4 is 29.1 Å². The highest BCUT2D eigenvalue weighted by atomic mass is 35.5. The van der Waals surface area contributed by atoms with Crippen LogP contribution in [0.25, 0.3) is 10.8 Å². The van der Waals surface area contributed by atoms with Gasteiger partial charge in [0.15, 0.2) is 0 Å². The Labute approximate surface area is 225 Å². The zero-order valence-electron chi connectivity index (χ0n) is 21.2. The molecule has 0 saturated carbocycles. The average Bonchev–Trinajstić information content (AvgIpc) is 2.95. The van der Waals surface area contributed by atoms with Gasteiger partial charge in [0.05, 0.1) is 18.6 Å². The van der Waals surface area contributed by atoms with Crippen molar-refractivity contribution in [2.75, 3.05) is 39.4 Å². The molecule has 3 atom stereocenters. The summed E-state index contributed by atoms with van der Waals surface area (Å²) in [5.41, 5.74) is 2.46. The number of nitrogens with one attached hydrogen (secondary N) is 2. The van der Waals surface area contributed by atoms with Gasteiger partial charge in [-0.25, -0.2) is 0 Å². The van der Waals surface area contributed by atoms with Gasteiger partial charge in [-0.2, -0.15) is 0 Å². The van der Waals surface area contributed by atoms with E-state index in [0.717, 1.165) is 44.6 Å². The van der Waals surface area contributed by atoms with E-state index in [1.165, 1.54) is 21.9 Å². The van der Waals surface area contributed by atoms with Crippen molar-refractivity contribution in [3.8, 4) is 5.75 Å². The molecule has 2 aliphatic heterocycles. The number of ether oxygens (including phenoxy) is 3. The third-order valence-electron chi connectivity index (χ3n) is 7.24. The largest absolute Gasteiger partial charge is 0.490 e. The molecule has 0 radical (unpaired) electrons. The number of rotatable bonds is 9. The summed E-state index contributed by atoms with van der Waals surface area (Å²) in [4.78, 5) is 12.1. The Balaban J connectivity index is 0.00000320. The lowest BCUT2D eigenvalue weighted by Gasteiger charge is -2.32. The van der Waals surface area contributed by atoms with Gasteiger partial charge in [-0.15, -0.1) is 12.4 Å². The molecule has 5 rings (SSSR count). The molecule has 3 aromatic rings. The summed E-state index contributed by atoms with van der Waals surface area (Å²) in [5, 5.41) is 9.22. The van der Waals surface area contributed by atoms with Gasteiger partial charge in [-0.1, -0.05) is 48.5 Å². The number of carbonyl (C=O) groups excluding carboxylic acids is 1. The molecule has 0 amide bonds. The van der Waals surface area contributed by atoms with Crippen LogP contribution in [0.2, 0.25) is 0 Å². The fourth-order valence-corrected chi connectivity index (χ4v) is 5.20. The minimum absolute atomic E-state index is 0. The van der Waals surface area contributed by atoms with E-state index in [2.05, 4.69) is 65.2 Å². The molecule has 0 bridgehead atoms. The monoisotopic (exact) mass is 524 g/mol. The summed E-state index contributed by atoms with van der Waals surface area (Å²) in [7, 11) is 0. The van der Waals surface area contributed by atoms with Gasteiger partial charge in [0.1, 0.15) is 19.0 Å². The molecule has 37 heavy (non-hydrogen) atoms. The Kier molecular flexibility index (Phi) is 10.2. The van der Waals surface area contributed by atoms with Crippen molar-refractivity contribution in [2.45, 2.75) is 37.9 Å². The molecule has 3 aromatic carbocycles. The molecule has 0 aromatic heterocycles. The summed E-state index contributed by atoms with van der Waals surface area (Å²) < 4.78 is 17.6. The molecule has 0 aliphatic carbocycles. The van der Waals surface area contributed by atoms with Crippen molar-refractivity contribution in [1.82, 2.24) is 10.6 Å². The molecule has 2 saturated heterocycles. The molecule has 2 heterocycles. The Bertz CT molecular complexity index is 1130. The van der Waals surface area contributed by atoms with Crippen LogP contribution in [0.1, 0.15) is 36.3 Å². The Morgan fingerprint density at radius 2 is 1.68 bits per heavy atom. The van der Waals surface area contributed by atoms with E-state index in [1.807, 2.05) is 12.1 Å². The van der Waals surface area contributed by atoms with E-state index in [0.29, 0.717) is 25.7 Å². The van der Waals surface area contributed by atoms with Crippen LogP contribution in [-0.4, -0.2) is 51.5 Å². The molecule has 2 fully saturated rings. The predicted molar refractivity (Wildman–Crippen MR) is 148 cm³/mol. The van der Waals surface area contributed by atoms with Crippen LogP contribution in [0, 0.1) is 5.92 Å². The Hall–Kier alpha value is -2.64. The van der Waals surface area contributed by atoms with Crippen LogP contribution >= 0.6 is 12.4 Å². The van der Waals surface area contributed by atoms with Gasteiger partial charge in [0.25, 0.3) is 0 Å². The van der Waals surface area contributed by atoms with Gasteiger partial charge in [-0.05, 0) is 72.5 Å². The molecule has 0 spiro atoms. The normalized spacial score (nSPS) is 21.7. The first-order valence-corrected chi connectivity index (χ1v) is 13.2. The number of benzene rings is 3. The number of carbonyl (C=O) groups is 1. The van der Waals surface area contributed by atoms with Crippen molar-refractivity contribution in [3.05, 3.63) is 77.9 Å². The zero-order chi connectivity index (χ0) is 24.6. The van der Waals surface area contributed by atoms with Gasteiger partial charge in [0, 0.05) is 19.0 Å². The minimum Gasteiger partial charge on any atom is -0.490 e. The molecule has 7 heteroatoms. The number of fused-ring (bicyclic) bond motifs is 1. The van der Waals surface area contributed by atoms with E-state index in [1.54, 1.807) is 0 Å². The fraction of sp³-hybridized carbons (Fsp3) is 0.433. The first-order valence-electron chi connectivity index (χ1n) is 13.2. The summed E-state index contributed by atoms with van der Waals surface area (Å²) in [5.74, 6) is 0.976. The van der Waals surface area contributed by atoms with E-state index in [-0.39, 0.29) is 37.0 Å². The fourth-order valence-electron chi connectivity index (χ4n) is 5.20. The number of piperidine rings is 2. The highest BCUT2D eigenvalue weighted by Crippen LogP contribution is 2.30. The van der Waals surface area contributed by atoms with E-state index in [4.69, 9.17) is 14.2 Å². The smallest absolute Gasteiger partial charge is 0.310 e. The topological polar surface area (TPSA) is 68.8 Å². The molecule has 3 unspecified atom stereocenters. The number of halogens is 1. The lowest BCUT2D eigenvalue weighted by molar-refractivity contribution is -0.149. The zero-order valence-corrected chi connectivity index (χ0v) is 22.0. The molecular weight excluding hydrogens is 488 g/mol. The summed E-state index contributed by atoms with van der Waals surface area (Å²) in [6.45, 7) is 4.76. The van der Waals surface area contributed by atoms with Crippen LogP contribution in [-0.2, 0) is 20.9 Å². The molecule has 2 aliphatic rings. The molecule has 198 valence electrons. The SMILES string of the molecule is Cl.O=C(OCCOc1ccc(C2CCNCC2OCc2ccc3ccccc3c2)cc1)C1CCCNC1. The lowest BCUT2D eigenvalue weighted by Crippen LogP contribution is -2.40. The second-order valence-electron chi connectivity index (χ2n) is 9.76. The third-order valence-corrected chi connectivity index (χ3v) is 7.24. The van der Waals surface area contributed by atoms with Crippen LogP contribution in [0.5, 0.6) is 5.75 Å². The van der Waals surface area contributed by atoms with Crippen LogP contribution < -0.4 is 15.4 Å². The first-order chi connectivity index (χ1) is 17.8. The standard InChI is InChI=1S/C30H36N2O4.ClH/c33-30(26-6-3-14-31-19-26)35-17-16-34-27-11-9-24(10-12-27)28-13-15-32-20-29(28)36-21-22-7-8-23-4-1-2-5-25(23)18-22;/h1-2,4-5,7-12,18,26,28-29,31-32H,3,6,13-17,19-21H2;1H. The van der Waals surface area contributed by atoms with Crippen molar-refractivity contribution in [2.24, 2.45) is 5.92 Å². The molecular formula is C30H37ClN2O4. The molecule has 2 N–H and O–H groups in total. The van der Waals surface area contributed by atoms with Crippen molar-refractivity contribution in [1.29, 1.82) is 0 Å². The predicted octanol–water partition coefficient (Wildman–Crippen LogP) is 4.85. The van der Waals surface area contributed by atoms with Gasteiger partial charge >= 0.3 is 5.97 Å². The first kappa shape index (κ1) is 27.4. The van der Waals surface area contributed by atoms with Crippen molar-refractivity contribution in [3.63, 3.8) is 0 Å². The van der Waals surface area contributed by atoms with E-state index in [9.17, 15) is 4.79 Å². The second-order valence-corrected chi connectivity index (χ2v) is 9.76. The second kappa shape index (κ2) is 13.8. The van der Waals surface area contributed by atoms with Crippen LogP contribution in [0.4, 0.5) is 0 Å². The third kappa shape index (κ3) is 7.45. The summed E-state index contributed by atoms with van der Waals surface area (Å²) in [6.07, 6.45) is 3.08. The van der Waals surface area contributed by atoms with Crippen LogP contribution in [0.15, 0.2) is 66.7 Å². The van der Waals surface area contributed by atoms with E-state index >= 15 is 0 Å². The van der Waals surface area contributed by atoms with Gasteiger partial charge in [0.2, 0.25) is 0 Å².